The molecule has 0 bridgehead atoms. The first-order valence-electron chi connectivity index (χ1n) is 16.9. The molecule has 0 aromatic heterocycles. The topological polar surface area (TPSA) is 66.0 Å². The van der Waals surface area contributed by atoms with E-state index in [0.29, 0.717) is 35.4 Å². The number of amides is 1. The van der Waals surface area contributed by atoms with E-state index in [1.807, 2.05) is 58.0 Å². The minimum Gasteiger partial charge on any atom is -0.490 e. The molecule has 0 fully saturated rings. The third kappa shape index (κ3) is 11.7. The fourth-order valence-corrected chi connectivity index (χ4v) is 6.59. The molecule has 262 valence electrons. The molecule has 0 radical (unpaired) electrons. The lowest BCUT2D eigenvalue weighted by Gasteiger charge is -2.25. The number of aryl methyl sites for hydroxylation is 1. The van der Waals surface area contributed by atoms with E-state index in [4.69, 9.17) is 42.1 Å². The number of methoxy groups -OCH3 is 1. The van der Waals surface area contributed by atoms with Crippen molar-refractivity contribution in [1.82, 2.24) is 5.32 Å². The van der Waals surface area contributed by atoms with Crippen LogP contribution >= 0.6 is 23.2 Å². The summed E-state index contributed by atoms with van der Waals surface area (Å²) >= 11 is 12.6. The molecule has 8 heteroatoms. The second-order valence-electron chi connectivity index (χ2n) is 13.4. The number of carbonyl (C=O) groups is 1. The number of carbonyl (C=O) groups excluding carboxylic acids is 1. The van der Waals surface area contributed by atoms with E-state index in [1.165, 1.54) is 27.8 Å². The number of hydrogen-bond acceptors (Lipinski definition) is 5. The Morgan fingerprint density at radius 3 is 2.16 bits per heavy atom. The summed E-state index contributed by atoms with van der Waals surface area (Å²) in [5.74, 6) is 1.13. The number of rotatable bonds is 16. The number of benzene rings is 4. The maximum absolute atomic E-state index is 12.8. The van der Waals surface area contributed by atoms with Crippen LogP contribution in [-0.2, 0) is 22.3 Å². The minimum absolute atomic E-state index is 0.0594. The largest absolute Gasteiger partial charge is 0.490 e. The molecule has 0 aliphatic rings. The van der Waals surface area contributed by atoms with E-state index in [0.717, 1.165) is 42.7 Å². The zero-order valence-corrected chi connectivity index (χ0v) is 31.0. The lowest BCUT2D eigenvalue weighted by atomic mass is 9.83. The van der Waals surface area contributed by atoms with Gasteiger partial charge in [-0.25, -0.2) is 4.79 Å². The van der Waals surface area contributed by atoms with Crippen LogP contribution < -0.4 is 14.8 Å². The SMILES string of the molecule is COCCCCc1c(C(COC(=O)NC(C)(C)C)Cc2ccc(OCCOc3c(Cl)cc(C)cc3Cl)cc2)ccc(-c2ccccc2)c1C. The number of unbranched alkanes of at least 4 members (excludes halogenated alkanes) is 1. The molecule has 4 aromatic rings. The van der Waals surface area contributed by atoms with Gasteiger partial charge < -0.3 is 24.3 Å². The van der Waals surface area contributed by atoms with Crippen LogP contribution in [0.1, 0.15) is 67.3 Å². The van der Waals surface area contributed by atoms with Crippen molar-refractivity contribution >= 4 is 29.3 Å². The second kappa shape index (κ2) is 18.3. The van der Waals surface area contributed by atoms with Crippen LogP contribution in [0.4, 0.5) is 4.79 Å². The molecule has 1 unspecified atom stereocenters. The summed E-state index contributed by atoms with van der Waals surface area (Å²) in [4.78, 5) is 12.8. The highest BCUT2D eigenvalue weighted by atomic mass is 35.5. The molecule has 1 atom stereocenters. The number of halogens is 2. The Morgan fingerprint density at radius 1 is 0.837 bits per heavy atom. The lowest BCUT2D eigenvalue weighted by molar-refractivity contribution is 0.130. The van der Waals surface area contributed by atoms with Crippen LogP contribution in [0.15, 0.2) is 78.9 Å². The maximum Gasteiger partial charge on any atom is 0.407 e. The Bertz CT molecular complexity index is 1630. The molecule has 1 amide bonds. The van der Waals surface area contributed by atoms with Gasteiger partial charge in [0.05, 0.1) is 10.0 Å². The average molecular weight is 707 g/mol. The Hall–Kier alpha value is -3.71. The normalized spacial score (nSPS) is 12.0. The summed E-state index contributed by atoms with van der Waals surface area (Å²) in [6.07, 6.45) is 3.14. The van der Waals surface area contributed by atoms with Gasteiger partial charge in [-0.3, -0.25) is 0 Å². The van der Waals surface area contributed by atoms with E-state index in [1.54, 1.807) is 7.11 Å². The van der Waals surface area contributed by atoms with E-state index >= 15 is 0 Å². The van der Waals surface area contributed by atoms with Crippen molar-refractivity contribution in [2.75, 3.05) is 33.5 Å². The average Bonchev–Trinajstić information content (AvgIpc) is 3.05. The van der Waals surface area contributed by atoms with Crippen LogP contribution in [0.25, 0.3) is 11.1 Å². The first-order chi connectivity index (χ1) is 23.4. The van der Waals surface area contributed by atoms with Crippen molar-refractivity contribution in [3.05, 3.63) is 117 Å². The van der Waals surface area contributed by atoms with Crippen molar-refractivity contribution in [3.8, 4) is 22.6 Å². The summed E-state index contributed by atoms with van der Waals surface area (Å²) in [6, 6.07) is 26.6. The molecular weight excluding hydrogens is 657 g/mol. The third-order valence-electron chi connectivity index (χ3n) is 8.22. The number of hydrogen-bond donors (Lipinski definition) is 1. The Kier molecular flexibility index (Phi) is 14.3. The quantitative estimate of drug-likeness (QED) is 0.118. The van der Waals surface area contributed by atoms with Crippen LogP contribution in [-0.4, -0.2) is 45.2 Å². The number of ether oxygens (including phenoxy) is 4. The molecular formula is C41H49Cl2NO5. The van der Waals surface area contributed by atoms with E-state index in [2.05, 4.69) is 60.8 Å². The van der Waals surface area contributed by atoms with E-state index < -0.39 is 11.6 Å². The molecule has 0 aliphatic carbocycles. The highest BCUT2D eigenvalue weighted by Gasteiger charge is 2.23. The van der Waals surface area contributed by atoms with Gasteiger partial charge in [0.15, 0.2) is 5.75 Å². The van der Waals surface area contributed by atoms with Gasteiger partial charge in [-0.1, -0.05) is 77.8 Å². The van der Waals surface area contributed by atoms with Crippen LogP contribution in [0, 0.1) is 13.8 Å². The van der Waals surface area contributed by atoms with Crippen molar-refractivity contribution < 1.29 is 23.7 Å². The summed E-state index contributed by atoms with van der Waals surface area (Å²) in [6.45, 7) is 11.6. The Balaban J connectivity index is 1.53. The van der Waals surface area contributed by atoms with Crippen molar-refractivity contribution in [2.45, 2.75) is 71.8 Å². The van der Waals surface area contributed by atoms with Gasteiger partial charge in [0, 0.05) is 25.2 Å². The third-order valence-corrected chi connectivity index (χ3v) is 8.79. The maximum atomic E-state index is 12.8. The monoisotopic (exact) mass is 705 g/mol. The van der Waals surface area contributed by atoms with Crippen molar-refractivity contribution in [1.29, 1.82) is 0 Å². The summed E-state index contributed by atoms with van der Waals surface area (Å²) in [5.41, 5.74) is 7.85. The first-order valence-corrected chi connectivity index (χ1v) is 17.6. The highest BCUT2D eigenvalue weighted by molar-refractivity contribution is 6.37. The first kappa shape index (κ1) is 38.1. The zero-order chi connectivity index (χ0) is 35.4. The molecule has 49 heavy (non-hydrogen) atoms. The van der Waals surface area contributed by atoms with Gasteiger partial charge >= 0.3 is 6.09 Å². The Labute approximate surface area is 302 Å². The lowest BCUT2D eigenvalue weighted by Crippen LogP contribution is -2.41. The summed E-state index contributed by atoms with van der Waals surface area (Å²) < 4.78 is 23.0. The van der Waals surface area contributed by atoms with E-state index in [9.17, 15) is 4.79 Å². The standard InChI is InChI=1S/C41H49Cl2NO5/c1-28-24-37(42)39(38(43)25-28)48-23-22-47-33-17-15-30(16-18-33)26-32(27-49-40(45)44-41(3,4)5)36-20-19-34(31-12-8-7-9-13-31)29(2)35(36)14-10-11-21-46-6/h7-9,12-13,15-20,24-25,32H,10-11,14,21-23,26-27H2,1-6H3,(H,44,45). The van der Waals surface area contributed by atoms with Crippen LogP contribution in [0.3, 0.4) is 0 Å². The molecule has 0 aliphatic heterocycles. The van der Waals surface area contributed by atoms with Gasteiger partial charge in [0.25, 0.3) is 0 Å². The molecule has 4 rings (SSSR count). The second-order valence-corrected chi connectivity index (χ2v) is 14.2. The molecule has 0 saturated heterocycles. The number of alkyl carbamates (subject to hydrolysis) is 1. The fourth-order valence-electron chi connectivity index (χ4n) is 5.88. The fraction of sp³-hybridized carbons (Fsp3) is 0.390. The van der Waals surface area contributed by atoms with Gasteiger partial charge in [-0.2, -0.15) is 0 Å². The number of nitrogens with one attached hydrogen (secondary N) is 1. The van der Waals surface area contributed by atoms with Crippen molar-refractivity contribution in [2.24, 2.45) is 0 Å². The van der Waals surface area contributed by atoms with Crippen molar-refractivity contribution in [3.63, 3.8) is 0 Å². The molecule has 6 nitrogen and oxygen atoms in total. The molecule has 0 saturated carbocycles. The molecule has 4 aromatic carbocycles. The smallest absolute Gasteiger partial charge is 0.407 e. The van der Waals surface area contributed by atoms with Gasteiger partial charge in [-0.05, 0) is 124 Å². The molecule has 0 spiro atoms. The van der Waals surface area contributed by atoms with Gasteiger partial charge in [0.1, 0.15) is 25.6 Å². The molecule has 0 heterocycles. The van der Waals surface area contributed by atoms with E-state index in [-0.39, 0.29) is 12.5 Å². The summed E-state index contributed by atoms with van der Waals surface area (Å²) in [5, 5.41) is 3.89. The predicted octanol–water partition coefficient (Wildman–Crippen LogP) is 10.6. The van der Waals surface area contributed by atoms with Crippen LogP contribution in [0.2, 0.25) is 10.0 Å². The summed E-state index contributed by atoms with van der Waals surface area (Å²) in [7, 11) is 1.74. The Morgan fingerprint density at radius 2 is 1.51 bits per heavy atom. The van der Waals surface area contributed by atoms with Crippen LogP contribution in [0.5, 0.6) is 11.5 Å². The molecule has 1 N–H and O–H groups in total. The predicted molar refractivity (Wildman–Crippen MR) is 201 cm³/mol. The van der Waals surface area contributed by atoms with Gasteiger partial charge in [-0.15, -0.1) is 0 Å². The highest BCUT2D eigenvalue weighted by Crippen LogP contribution is 2.35. The zero-order valence-electron chi connectivity index (χ0n) is 29.5. The minimum atomic E-state index is -0.420. The van der Waals surface area contributed by atoms with Gasteiger partial charge in [0.2, 0.25) is 0 Å².